The van der Waals surface area contributed by atoms with Crippen molar-refractivity contribution in [2.75, 3.05) is 13.1 Å². The third kappa shape index (κ3) is 2.90. The Kier molecular flexibility index (Phi) is 3.89. The lowest BCUT2D eigenvalue weighted by molar-refractivity contribution is 0.0725. The van der Waals surface area contributed by atoms with E-state index >= 15 is 0 Å². The van der Waals surface area contributed by atoms with Crippen LogP contribution in [0.2, 0.25) is 0 Å². The van der Waals surface area contributed by atoms with E-state index < -0.39 is 0 Å². The van der Waals surface area contributed by atoms with E-state index in [2.05, 4.69) is 39.7 Å². The van der Waals surface area contributed by atoms with E-state index in [9.17, 15) is 0 Å². The molecule has 1 aliphatic heterocycles. The minimum Gasteiger partial charge on any atom is -0.355 e. The van der Waals surface area contributed by atoms with Crippen molar-refractivity contribution in [3.63, 3.8) is 0 Å². The van der Waals surface area contributed by atoms with Gasteiger partial charge in [0.1, 0.15) is 0 Å². The van der Waals surface area contributed by atoms with Crippen molar-refractivity contribution in [1.82, 2.24) is 10.1 Å². The molecule has 1 saturated heterocycles. The van der Waals surface area contributed by atoms with Gasteiger partial charge < -0.3 is 4.52 Å². The number of thiophene rings is 1. The topological polar surface area (TPSA) is 29.3 Å². The van der Waals surface area contributed by atoms with Crippen LogP contribution in [0.15, 0.2) is 40.3 Å². The van der Waals surface area contributed by atoms with Crippen LogP contribution in [0.3, 0.4) is 0 Å². The highest BCUT2D eigenvalue weighted by atomic mass is 32.1. The van der Waals surface area contributed by atoms with Gasteiger partial charge in [-0.25, -0.2) is 0 Å². The molecule has 2 aromatic rings. The molecular formula is C18H22N2OS. The molecule has 4 rings (SSSR count). The molecule has 1 fully saturated rings. The molecule has 0 aromatic carbocycles. The summed E-state index contributed by atoms with van der Waals surface area (Å²) < 4.78 is 5.51. The van der Waals surface area contributed by atoms with Crippen molar-refractivity contribution in [2.24, 2.45) is 5.41 Å². The maximum atomic E-state index is 5.51. The summed E-state index contributed by atoms with van der Waals surface area (Å²) in [5.74, 6) is 0.900. The second-order valence-electron chi connectivity index (χ2n) is 6.69. The van der Waals surface area contributed by atoms with Crippen molar-refractivity contribution in [3.05, 3.63) is 41.4 Å². The van der Waals surface area contributed by atoms with Gasteiger partial charge in [-0.15, -0.1) is 11.3 Å². The molecule has 3 heterocycles. The van der Waals surface area contributed by atoms with Crippen molar-refractivity contribution < 1.29 is 4.52 Å². The maximum Gasteiger partial charge on any atom is 0.177 e. The SMILES string of the molecule is C1=CCC2(CC1)CCCN(Cc1cc(-c3cccs3)on1)C2. The number of hydrogen-bond donors (Lipinski definition) is 0. The van der Waals surface area contributed by atoms with Crippen molar-refractivity contribution in [2.45, 2.75) is 38.6 Å². The highest BCUT2D eigenvalue weighted by Crippen LogP contribution is 2.41. The van der Waals surface area contributed by atoms with E-state index in [-0.39, 0.29) is 0 Å². The summed E-state index contributed by atoms with van der Waals surface area (Å²) in [7, 11) is 0. The van der Waals surface area contributed by atoms with Crippen LogP contribution >= 0.6 is 11.3 Å². The Morgan fingerprint density at radius 1 is 1.32 bits per heavy atom. The van der Waals surface area contributed by atoms with E-state index in [1.165, 1.54) is 45.2 Å². The fourth-order valence-corrected chi connectivity index (χ4v) is 4.58. The van der Waals surface area contributed by atoms with Gasteiger partial charge in [0.25, 0.3) is 0 Å². The lowest BCUT2D eigenvalue weighted by Crippen LogP contribution is -2.43. The molecule has 2 aliphatic rings. The molecule has 3 nitrogen and oxygen atoms in total. The molecular weight excluding hydrogens is 292 g/mol. The Labute approximate surface area is 135 Å². The van der Waals surface area contributed by atoms with Crippen LogP contribution in [0, 0.1) is 5.41 Å². The van der Waals surface area contributed by atoms with Gasteiger partial charge in [-0.3, -0.25) is 4.90 Å². The summed E-state index contributed by atoms with van der Waals surface area (Å²) >= 11 is 1.70. The zero-order valence-corrected chi connectivity index (χ0v) is 13.6. The van der Waals surface area contributed by atoms with Crippen LogP contribution in [0.1, 0.15) is 37.8 Å². The minimum atomic E-state index is 0.521. The third-order valence-corrected chi connectivity index (χ3v) is 5.89. The fraction of sp³-hybridized carbons (Fsp3) is 0.500. The maximum absolute atomic E-state index is 5.51. The molecule has 1 atom stereocenters. The molecule has 22 heavy (non-hydrogen) atoms. The van der Waals surface area contributed by atoms with E-state index in [1.807, 2.05) is 6.07 Å². The van der Waals surface area contributed by atoms with Crippen LogP contribution in [0.25, 0.3) is 10.6 Å². The molecule has 1 spiro atoms. The number of nitrogens with zero attached hydrogens (tertiary/aromatic N) is 2. The molecule has 2 aromatic heterocycles. The Hall–Kier alpha value is -1.39. The van der Waals surface area contributed by atoms with Gasteiger partial charge in [0.2, 0.25) is 0 Å². The zero-order valence-electron chi connectivity index (χ0n) is 12.8. The Morgan fingerprint density at radius 3 is 3.14 bits per heavy atom. The van der Waals surface area contributed by atoms with Gasteiger partial charge in [0.05, 0.1) is 10.6 Å². The molecule has 116 valence electrons. The van der Waals surface area contributed by atoms with Crippen molar-refractivity contribution >= 4 is 11.3 Å². The van der Waals surface area contributed by atoms with Crippen LogP contribution in [0.4, 0.5) is 0 Å². The number of likely N-dealkylation sites (tertiary alicyclic amines) is 1. The predicted octanol–water partition coefficient (Wildman–Crippen LogP) is 4.73. The van der Waals surface area contributed by atoms with Gasteiger partial charge in [0.15, 0.2) is 5.76 Å². The van der Waals surface area contributed by atoms with Crippen molar-refractivity contribution in [1.29, 1.82) is 0 Å². The highest BCUT2D eigenvalue weighted by molar-refractivity contribution is 7.13. The number of piperidine rings is 1. The Balaban J connectivity index is 1.44. The van der Waals surface area contributed by atoms with Gasteiger partial charge >= 0.3 is 0 Å². The summed E-state index contributed by atoms with van der Waals surface area (Å²) in [5.41, 5.74) is 1.58. The highest BCUT2D eigenvalue weighted by Gasteiger charge is 2.35. The monoisotopic (exact) mass is 314 g/mol. The zero-order chi connectivity index (χ0) is 14.8. The molecule has 0 saturated carbocycles. The largest absolute Gasteiger partial charge is 0.355 e. The first kappa shape index (κ1) is 14.2. The first-order valence-corrected chi connectivity index (χ1v) is 9.08. The van der Waals surface area contributed by atoms with Crippen LogP contribution in [-0.2, 0) is 6.54 Å². The first-order valence-electron chi connectivity index (χ1n) is 8.20. The molecule has 0 N–H and O–H groups in total. The van der Waals surface area contributed by atoms with Gasteiger partial charge in [-0.2, -0.15) is 0 Å². The predicted molar refractivity (Wildman–Crippen MR) is 89.8 cm³/mol. The summed E-state index contributed by atoms with van der Waals surface area (Å²) in [4.78, 5) is 3.73. The van der Waals surface area contributed by atoms with Gasteiger partial charge in [0, 0.05) is 19.2 Å². The fourth-order valence-electron chi connectivity index (χ4n) is 3.91. The van der Waals surface area contributed by atoms with Crippen LogP contribution in [-0.4, -0.2) is 23.1 Å². The number of hydrogen-bond acceptors (Lipinski definition) is 4. The van der Waals surface area contributed by atoms with Crippen LogP contribution < -0.4 is 0 Å². The van der Waals surface area contributed by atoms with Crippen molar-refractivity contribution in [3.8, 4) is 10.6 Å². The molecule has 1 unspecified atom stereocenters. The van der Waals surface area contributed by atoms with E-state index in [1.54, 1.807) is 11.3 Å². The summed E-state index contributed by atoms with van der Waals surface area (Å²) in [6, 6.07) is 6.24. The number of allylic oxidation sites excluding steroid dienone is 2. The minimum absolute atomic E-state index is 0.521. The van der Waals surface area contributed by atoms with E-state index in [4.69, 9.17) is 4.52 Å². The Bertz CT molecular complexity index is 646. The third-order valence-electron chi connectivity index (χ3n) is 5.01. The van der Waals surface area contributed by atoms with E-state index in [0.717, 1.165) is 22.9 Å². The Morgan fingerprint density at radius 2 is 2.32 bits per heavy atom. The van der Waals surface area contributed by atoms with Gasteiger partial charge in [-0.05, 0) is 55.5 Å². The molecule has 4 heteroatoms. The molecule has 0 bridgehead atoms. The van der Waals surface area contributed by atoms with Crippen LogP contribution in [0.5, 0.6) is 0 Å². The lowest BCUT2D eigenvalue weighted by Gasteiger charge is -2.43. The normalized spacial score (nSPS) is 25.8. The second-order valence-corrected chi connectivity index (χ2v) is 7.64. The molecule has 1 aliphatic carbocycles. The average Bonchev–Trinajstić information content (AvgIpc) is 3.19. The second kappa shape index (κ2) is 6.01. The lowest BCUT2D eigenvalue weighted by atomic mass is 9.71. The summed E-state index contributed by atoms with van der Waals surface area (Å²) in [5, 5.41) is 6.35. The first-order chi connectivity index (χ1) is 10.8. The van der Waals surface area contributed by atoms with E-state index in [0.29, 0.717) is 5.41 Å². The summed E-state index contributed by atoms with van der Waals surface area (Å²) in [6.45, 7) is 3.31. The number of aromatic nitrogens is 1. The number of rotatable bonds is 3. The standard InChI is InChI=1S/C18H22N2OS/c1-2-7-18(8-3-1)9-5-10-20(14-18)13-15-12-16(21-19-15)17-6-4-11-22-17/h1-2,4,6,11-12H,3,5,7-10,13-14H2. The van der Waals surface area contributed by atoms with Gasteiger partial charge in [-0.1, -0.05) is 23.4 Å². The quantitative estimate of drug-likeness (QED) is 0.767. The average molecular weight is 314 g/mol. The smallest absolute Gasteiger partial charge is 0.177 e. The summed E-state index contributed by atoms with van der Waals surface area (Å²) in [6.07, 6.45) is 11.3. The molecule has 0 amide bonds. The molecule has 0 radical (unpaired) electrons.